The molecule has 0 saturated carbocycles. The summed E-state index contributed by atoms with van der Waals surface area (Å²) in [6.07, 6.45) is 3.64. The van der Waals surface area contributed by atoms with Crippen molar-refractivity contribution in [3.8, 4) is 0 Å². The van der Waals surface area contributed by atoms with E-state index in [1.807, 2.05) is 17.0 Å². The minimum Gasteiger partial charge on any atom is -0.357 e. The minimum atomic E-state index is -0.0403. The van der Waals surface area contributed by atoms with Gasteiger partial charge in [-0.05, 0) is 37.3 Å². The van der Waals surface area contributed by atoms with Gasteiger partial charge in [0.05, 0.1) is 5.56 Å². The molecule has 1 atom stereocenters. The fourth-order valence-corrected chi connectivity index (χ4v) is 3.13. The van der Waals surface area contributed by atoms with Gasteiger partial charge < -0.3 is 15.5 Å². The van der Waals surface area contributed by atoms with Crippen LogP contribution in [0.1, 0.15) is 50.9 Å². The van der Waals surface area contributed by atoms with E-state index in [1.54, 1.807) is 6.20 Å². The first-order chi connectivity index (χ1) is 10.9. The van der Waals surface area contributed by atoms with Crippen molar-refractivity contribution in [1.82, 2.24) is 9.88 Å². The van der Waals surface area contributed by atoms with E-state index in [9.17, 15) is 4.79 Å². The quantitative estimate of drug-likeness (QED) is 0.906. The molecule has 23 heavy (non-hydrogen) atoms. The maximum Gasteiger partial charge on any atom is 0.255 e. The highest BCUT2D eigenvalue weighted by Gasteiger charge is 2.35. The van der Waals surface area contributed by atoms with Crippen LogP contribution in [0.25, 0.3) is 0 Å². The molecule has 0 aromatic carbocycles. The van der Waals surface area contributed by atoms with Gasteiger partial charge in [-0.15, -0.1) is 0 Å². The number of carbonyl (C=O) groups is 1. The van der Waals surface area contributed by atoms with Crippen LogP contribution in [0.5, 0.6) is 0 Å². The molecular weight excluding hydrogens is 288 g/mol. The number of rotatable bonds is 5. The average molecular weight is 318 g/mol. The standard InChI is InChI=1S/C18H30N4O/c1-5-10-21(6-2)16-8-7-14(12-20-16)17(23)22-11-9-15(19)18(3,4)13-22/h7-8,12,15H,5-6,9-11,13,19H2,1-4H3. The number of nitrogens with two attached hydrogens (primary N) is 1. The second kappa shape index (κ2) is 7.30. The molecule has 5 heteroatoms. The van der Waals surface area contributed by atoms with Crippen LogP contribution >= 0.6 is 0 Å². The Labute approximate surface area is 139 Å². The second-order valence-electron chi connectivity index (χ2n) is 7.10. The molecule has 2 N–H and O–H groups in total. The van der Waals surface area contributed by atoms with Gasteiger partial charge >= 0.3 is 0 Å². The lowest BCUT2D eigenvalue weighted by Crippen LogP contribution is -2.54. The zero-order chi connectivity index (χ0) is 17.0. The van der Waals surface area contributed by atoms with Crippen molar-refractivity contribution >= 4 is 11.7 Å². The average Bonchev–Trinajstić information content (AvgIpc) is 2.54. The Balaban J connectivity index is 2.08. The molecule has 1 amide bonds. The van der Waals surface area contributed by atoms with Gasteiger partial charge in [0.15, 0.2) is 0 Å². The van der Waals surface area contributed by atoms with E-state index in [0.29, 0.717) is 12.1 Å². The minimum absolute atomic E-state index is 0.0403. The number of anilines is 1. The number of hydrogen-bond donors (Lipinski definition) is 1. The van der Waals surface area contributed by atoms with Gasteiger partial charge in [0.1, 0.15) is 5.82 Å². The molecule has 0 spiro atoms. The number of aromatic nitrogens is 1. The first-order valence-corrected chi connectivity index (χ1v) is 8.65. The predicted octanol–water partition coefficient (Wildman–Crippen LogP) is 2.52. The summed E-state index contributed by atoms with van der Waals surface area (Å²) >= 11 is 0. The third kappa shape index (κ3) is 4.02. The van der Waals surface area contributed by atoms with E-state index in [2.05, 4.69) is 37.6 Å². The SMILES string of the molecule is CCCN(CC)c1ccc(C(=O)N2CCC(N)C(C)(C)C2)cn1. The van der Waals surface area contributed by atoms with Crippen molar-refractivity contribution in [2.45, 2.75) is 46.6 Å². The van der Waals surface area contributed by atoms with E-state index < -0.39 is 0 Å². The summed E-state index contributed by atoms with van der Waals surface area (Å²) in [5.74, 6) is 0.995. The summed E-state index contributed by atoms with van der Waals surface area (Å²) in [6.45, 7) is 11.9. The van der Waals surface area contributed by atoms with E-state index in [0.717, 1.165) is 38.3 Å². The molecule has 128 valence electrons. The molecule has 1 saturated heterocycles. The number of pyridine rings is 1. The van der Waals surface area contributed by atoms with E-state index >= 15 is 0 Å². The highest BCUT2D eigenvalue weighted by molar-refractivity contribution is 5.94. The van der Waals surface area contributed by atoms with Gasteiger partial charge in [-0.2, -0.15) is 0 Å². The largest absolute Gasteiger partial charge is 0.357 e. The maximum atomic E-state index is 12.7. The van der Waals surface area contributed by atoms with Crippen molar-refractivity contribution in [1.29, 1.82) is 0 Å². The summed E-state index contributed by atoms with van der Waals surface area (Å²) in [6, 6.07) is 4.00. The topological polar surface area (TPSA) is 62.5 Å². The molecule has 1 aromatic rings. The Kier molecular flexibility index (Phi) is 5.63. The smallest absolute Gasteiger partial charge is 0.255 e. The molecule has 0 aliphatic carbocycles. The molecule has 1 unspecified atom stereocenters. The lowest BCUT2D eigenvalue weighted by atomic mass is 9.79. The third-order valence-electron chi connectivity index (χ3n) is 4.79. The van der Waals surface area contributed by atoms with Crippen LogP contribution < -0.4 is 10.6 Å². The summed E-state index contributed by atoms with van der Waals surface area (Å²) in [7, 11) is 0. The molecule has 0 bridgehead atoms. The molecule has 2 heterocycles. The number of piperidine rings is 1. The maximum absolute atomic E-state index is 12.7. The lowest BCUT2D eigenvalue weighted by Gasteiger charge is -2.42. The van der Waals surface area contributed by atoms with Crippen LogP contribution in [-0.2, 0) is 0 Å². The predicted molar refractivity (Wildman–Crippen MR) is 94.7 cm³/mol. The van der Waals surface area contributed by atoms with E-state index in [-0.39, 0.29) is 17.4 Å². The van der Waals surface area contributed by atoms with Crippen molar-refractivity contribution < 1.29 is 4.79 Å². The molecule has 1 aromatic heterocycles. The number of amides is 1. The number of nitrogens with zero attached hydrogens (tertiary/aromatic N) is 3. The fourth-order valence-electron chi connectivity index (χ4n) is 3.13. The fraction of sp³-hybridized carbons (Fsp3) is 0.667. The van der Waals surface area contributed by atoms with Gasteiger partial charge in [-0.3, -0.25) is 4.79 Å². The van der Waals surface area contributed by atoms with E-state index in [4.69, 9.17) is 5.73 Å². The van der Waals surface area contributed by atoms with Crippen molar-refractivity contribution in [3.05, 3.63) is 23.9 Å². The van der Waals surface area contributed by atoms with Crippen LogP contribution in [0.3, 0.4) is 0 Å². The molecule has 5 nitrogen and oxygen atoms in total. The lowest BCUT2D eigenvalue weighted by molar-refractivity contribution is 0.0532. The second-order valence-corrected chi connectivity index (χ2v) is 7.10. The van der Waals surface area contributed by atoms with E-state index in [1.165, 1.54) is 0 Å². The Morgan fingerprint density at radius 2 is 2.17 bits per heavy atom. The highest BCUT2D eigenvalue weighted by Crippen LogP contribution is 2.28. The summed E-state index contributed by atoms with van der Waals surface area (Å²) < 4.78 is 0. The van der Waals surface area contributed by atoms with Gasteiger partial charge in [0.25, 0.3) is 5.91 Å². The van der Waals surface area contributed by atoms with Crippen LogP contribution in [0.15, 0.2) is 18.3 Å². The molecule has 0 radical (unpaired) electrons. The first kappa shape index (κ1) is 17.7. The third-order valence-corrected chi connectivity index (χ3v) is 4.79. The van der Waals surface area contributed by atoms with Gasteiger partial charge in [0.2, 0.25) is 0 Å². The Morgan fingerprint density at radius 3 is 2.70 bits per heavy atom. The molecule has 2 rings (SSSR count). The van der Waals surface area contributed by atoms with Crippen molar-refractivity contribution in [2.75, 3.05) is 31.1 Å². The summed E-state index contributed by atoms with van der Waals surface area (Å²) in [4.78, 5) is 21.3. The van der Waals surface area contributed by atoms with Gasteiger partial charge in [-0.1, -0.05) is 20.8 Å². The molecule has 1 aliphatic rings. The van der Waals surface area contributed by atoms with Crippen LogP contribution in [-0.4, -0.2) is 48.0 Å². The molecule has 1 fully saturated rings. The van der Waals surface area contributed by atoms with Gasteiger partial charge in [0, 0.05) is 38.4 Å². The van der Waals surface area contributed by atoms with Crippen molar-refractivity contribution in [2.24, 2.45) is 11.1 Å². The highest BCUT2D eigenvalue weighted by atomic mass is 16.2. The van der Waals surface area contributed by atoms with Crippen LogP contribution in [0.4, 0.5) is 5.82 Å². The van der Waals surface area contributed by atoms with Crippen LogP contribution in [0, 0.1) is 5.41 Å². The monoisotopic (exact) mass is 318 g/mol. The van der Waals surface area contributed by atoms with Gasteiger partial charge in [-0.25, -0.2) is 4.98 Å². The number of likely N-dealkylation sites (tertiary alicyclic amines) is 1. The Bertz CT molecular complexity index is 526. The number of carbonyl (C=O) groups excluding carboxylic acids is 1. The summed E-state index contributed by atoms with van der Waals surface area (Å²) in [5.41, 5.74) is 6.77. The first-order valence-electron chi connectivity index (χ1n) is 8.65. The Hall–Kier alpha value is -1.62. The Morgan fingerprint density at radius 1 is 1.43 bits per heavy atom. The molecular formula is C18H30N4O. The normalized spacial score (nSPS) is 20.4. The zero-order valence-corrected chi connectivity index (χ0v) is 14.9. The number of hydrogen-bond acceptors (Lipinski definition) is 4. The summed E-state index contributed by atoms with van der Waals surface area (Å²) in [5, 5.41) is 0. The molecule has 1 aliphatic heterocycles. The van der Waals surface area contributed by atoms with Crippen LogP contribution in [0.2, 0.25) is 0 Å². The zero-order valence-electron chi connectivity index (χ0n) is 14.9. The van der Waals surface area contributed by atoms with Crippen molar-refractivity contribution in [3.63, 3.8) is 0 Å².